The molecule has 3 aromatic rings. The van der Waals surface area contributed by atoms with Crippen LogP contribution in [0.2, 0.25) is 0 Å². The molecule has 0 aliphatic rings. The molecule has 174 valence electrons. The van der Waals surface area contributed by atoms with E-state index in [0.717, 1.165) is 0 Å². The summed E-state index contributed by atoms with van der Waals surface area (Å²) in [6.45, 7) is 1.47. The van der Waals surface area contributed by atoms with E-state index in [1.165, 1.54) is 55.5 Å². The summed E-state index contributed by atoms with van der Waals surface area (Å²) in [5.41, 5.74) is 1.44. The third kappa shape index (κ3) is 7.81. The summed E-state index contributed by atoms with van der Waals surface area (Å²) in [6, 6.07) is 19.8. The molecule has 3 rings (SSSR count). The molecule has 0 heterocycles. The maximum absolute atomic E-state index is 12.2. The van der Waals surface area contributed by atoms with Crippen molar-refractivity contribution < 1.29 is 30.0 Å². The molecule has 0 fully saturated rings. The molecule has 2 amide bonds. The summed E-state index contributed by atoms with van der Waals surface area (Å²) in [6.07, 6.45) is 0. The second-order valence-corrected chi connectivity index (χ2v) is 10.3. The summed E-state index contributed by atoms with van der Waals surface area (Å²) >= 11 is 0. The van der Waals surface area contributed by atoms with Crippen molar-refractivity contribution in [3.8, 4) is 11.5 Å². The van der Waals surface area contributed by atoms with Gasteiger partial charge in [-0.1, -0.05) is 30.3 Å². The first-order valence-electron chi connectivity index (χ1n) is 9.80. The van der Waals surface area contributed by atoms with Crippen LogP contribution < -0.4 is 19.0 Å². The Balaban J connectivity index is 1.53. The van der Waals surface area contributed by atoms with Crippen LogP contribution in [0.15, 0.2) is 78.9 Å². The highest BCUT2D eigenvalue weighted by Crippen LogP contribution is 2.20. The SMILES string of the molecule is CCS(=O)(=O)Oc1ccc(NC(=O)Nc2ccc(OS(=O)(=O)Cc3ccccc3)cc2)cc1. The minimum absolute atomic E-state index is 0.120. The zero-order chi connectivity index (χ0) is 23.9. The first kappa shape index (κ1) is 24.1. The average molecular weight is 491 g/mol. The molecule has 9 nitrogen and oxygen atoms in total. The Morgan fingerprint density at radius 3 is 1.61 bits per heavy atom. The molecule has 0 atom stereocenters. The van der Waals surface area contributed by atoms with Gasteiger partial charge in [0.15, 0.2) is 0 Å². The van der Waals surface area contributed by atoms with Crippen molar-refractivity contribution in [1.29, 1.82) is 0 Å². The van der Waals surface area contributed by atoms with Gasteiger partial charge in [-0.15, -0.1) is 0 Å². The van der Waals surface area contributed by atoms with E-state index in [-0.39, 0.29) is 23.0 Å². The number of hydrogen-bond donors (Lipinski definition) is 2. The van der Waals surface area contributed by atoms with Gasteiger partial charge in [0, 0.05) is 11.4 Å². The molecule has 0 radical (unpaired) electrons. The standard InChI is InChI=1S/C22H22N2O7S2/c1-2-32(26,27)30-20-12-8-18(9-13-20)23-22(25)24-19-10-14-21(15-11-19)31-33(28,29)16-17-6-4-3-5-7-17/h3-15H,2,16H2,1H3,(H2,23,24,25). The van der Waals surface area contributed by atoms with Gasteiger partial charge in [-0.25, -0.2) is 4.79 Å². The smallest absolute Gasteiger partial charge is 0.323 e. The summed E-state index contributed by atoms with van der Waals surface area (Å²) in [5, 5.41) is 5.19. The number of carbonyl (C=O) groups excluding carboxylic acids is 1. The Hall–Kier alpha value is -3.57. The van der Waals surface area contributed by atoms with E-state index in [4.69, 9.17) is 8.37 Å². The molecular weight excluding hydrogens is 468 g/mol. The lowest BCUT2D eigenvalue weighted by Crippen LogP contribution is -2.19. The first-order valence-corrected chi connectivity index (χ1v) is 13.0. The van der Waals surface area contributed by atoms with Gasteiger partial charge in [-0.2, -0.15) is 16.8 Å². The van der Waals surface area contributed by atoms with E-state index < -0.39 is 26.3 Å². The highest BCUT2D eigenvalue weighted by atomic mass is 32.2. The molecule has 33 heavy (non-hydrogen) atoms. The maximum atomic E-state index is 12.2. The molecule has 0 saturated heterocycles. The van der Waals surface area contributed by atoms with E-state index in [1.54, 1.807) is 30.3 Å². The fourth-order valence-electron chi connectivity index (χ4n) is 2.64. The third-order valence-corrected chi connectivity index (χ3v) is 6.50. The van der Waals surface area contributed by atoms with Gasteiger partial charge in [0.1, 0.15) is 17.3 Å². The van der Waals surface area contributed by atoms with Crippen molar-refractivity contribution in [2.45, 2.75) is 12.7 Å². The van der Waals surface area contributed by atoms with Crippen LogP contribution in [0, 0.1) is 0 Å². The number of urea groups is 1. The Kier molecular flexibility index (Phi) is 7.56. The molecule has 0 aliphatic heterocycles. The first-order chi connectivity index (χ1) is 15.6. The topological polar surface area (TPSA) is 128 Å². The van der Waals surface area contributed by atoms with Gasteiger partial charge in [-0.3, -0.25) is 0 Å². The van der Waals surface area contributed by atoms with E-state index in [9.17, 15) is 21.6 Å². The molecule has 0 saturated carbocycles. The van der Waals surface area contributed by atoms with Crippen LogP contribution in [-0.4, -0.2) is 28.6 Å². The minimum Gasteiger partial charge on any atom is -0.382 e. The van der Waals surface area contributed by atoms with Gasteiger partial charge in [0.25, 0.3) is 0 Å². The normalized spacial score (nSPS) is 11.4. The quantitative estimate of drug-likeness (QED) is 0.434. The van der Waals surface area contributed by atoms with Crippen LogP contribution in [0.1, 0.15) is 12.5 Å². The second-order valence-electron chi connectivity index (χ2n) is 6.83. The predicted molar refractivity (Wildman–Crippen MR) is 125 cm³/mol. The maximum Gasteiger partial charge on any atom is 0.323 e. The lowest BCUT2D eigenvalue weighted by atomic mass is 10.2. The second kappa shape index (κ2) is 10.4. The Bertz CT molecular complexity index is 1290. The number of anilines is 2. The molecule has 2 N–H and O–H groups in total. The Labute approximate surface area is 192 Å². The molecule has 0 spiro atoms. The molecular formula is C22H22N2O7S2. The number of carbonyl (C=O) groups is 1. The molecule has 3 aromatic carbocycles. The van der Waals surface area contributed by atoms with Crippen LogP contribution in [0.25, 0.3) is 0 Å². The zero-order valence-electron chi connectivity index (χ0n) is 17.6. The number of amides is 2. The zero-order valence-corrected chi connectivity index (χ0v) is 19.2. The monoisotopic (exact) mass is 490 g/mol. The van der Waals surface area contributed by atoms with Crippen LogP contribution in [0.5, 0.6) is 11.5 Å². The highest BCUT2D eigenvalue weighted by molar-refractivity contribution is 7.87. The van der Waals surface area contributed by atoms with E-state index in [0.29, 0.717) is 16.9 Å². The van der Waals surface area contributed by atoms with Crippen molar-refractivity contribution in [1.82, 2.24) is 0 Å². The van der Waals surface area contributed by atoms with Crippen LogP contribution in [0.3, 0.4) is 0 Å². The minimum atomic E-state index is -3.83. The highest BCUT2D eigenvalue weighted by Gasteiger charge is 2.14. The van der Waals surface area contributed by atoms with Crippen LogP contribution in [-0.2, 0) is 26.0 Å². The fourth-order valence-corrected chi connectivity index (χ4v) is 4.23. The number of benzene rings is 3. The molecule has 11 heteroatoms. The molecule has 0 unspecified atom stereocenters. The fraction of sp³-hybridized carbons (Fsp3) is 0.136. The van der Waals surface area contributed by atoms with E-state index >= 15 is 0 Å². The lowest BCUT2D eigenvalue weighted by molar-refractivity contribution is 0.262. The van der Waals surface area contributed by atoms with Crippen molar-refractivity contribution in [3.05, 3.63) is 84.4 Å². The van der Waals surface area contributed by atoms with E-state index in [1.807, 2.05) is 0 Å². The van der Waals surface area contributed by atoms with Crippen molar-refractivity contribution in [2.24, 2.45) is 0 Å². The summed E-state index contributed by atoms with van der Waals surface area (Å²) in [4.78, 5) is 12.2. The lowest BCUT2D eigenvalue weighted by Gasteiger charge is -2.10. The van der Waals surface area contributed by atoms with Gasteiger partial charge >= 0.3 is 26.3 Å². The van der Waals surface area contributed by atoms with Crippen molar-refractivity contribution >= 4 is 37.6 Å². The van der Waals surface area contributed by atoms with Crippen molar-refractivity contribution in [3.63, 3.8) is 0 Å². The largest absolute Gasteiger partial charge is 0.382 e. The summed E-state index contributed by atoms with van der Waals surface area (Å²) in [5.74, 6) is -0.155. The van der Waals surface area contributed by atoms with Gasteiger partial charge in [-0.05, 0) is 61.0 Å². The number of rotatable bonds is 9. The number of nitrogens with one attached hydrogen (secondary N) is 2. The Morgan fingerprint density at radius 1 is 0.697 bits per heavy atom. The van der Waals surface area contributed by atoms with Crippen LogP contribution >= 0.6 is 0 Å². The summed E-state index contributed by atoms with van der Waals surface area (Å²) < 4.78 is 57.3. The van der Waals surface area contributed by atoms with Gasteiger partial charge < -0.3 is 19.0 Å². The predicted octanol–water partition coefficient (Wildman–Crippen LogP) is 3.97. The van der Waals surface area contributed by atoms with Gasteiger partial charge in [0.2, 0.25) is 0 Å². The average Bonchev–Trinajstić information content (AvgIpc) is 2.76. The molecule has 0 aromatic heterocycles. The van der Waals surface area contributed by atoms with Crippen molar-refractivity contribution in [2.75, 3.05) is 16.4 Å². The molecule has 0 aliphatic carbocycles. The summed E-state index contributed by atoms with van der Waals surface area (Å²) in [7, 11) is -7.46. The molecule has 0 bridgehead atoms. The van der Waals surface area contributed by atoms with Crippen LogP contribution in [0.4, 0.5) is 16.2 Å². The van der Waals surface area contributed by atoms with E-state index in [2.05, 4.69) is 10.6 Å². The number of hydrogen-bond acceptors (Lipinski definition) is 7. The van der Waals surface area contributed by atoms with Gasteiger partial charge in [0.05, 0.1) is 5.75 Å². The Morgan fingerprint density at radius 2 is 1.15 bits per heavy atom. The third-order valence-electron chi connectivity index (χ3n) is 4.21.